The van der Waals surface area contributed by atoms with Crippen molar-refractivity contribution < 1.29 is 8.78 Å². The van der Waals surface area contributed by atoms with Gasteiger partial charge in [-0.1, -0.05) is 26.8 Å². The van der Waals surface area contributed by atoms with Crippen molar-refractivity contribution in [2.75, 3.05) is 0 Å². The van der Waals surface area contributed by atoms with Crippen LogP contribution in [-0.4, -0.2) is 9.97 Å². The van der Waals surface area contributed by atoms with Crippen molar-refractivity contribution in [2.24, 2.45) is 17.4 Å². The van der Waals surface area contributed by atoms with Gasteiger partial charge in [-0.05, 0) is 55.0 Å². The summed E-state index contributed by atoms with van der Waals surface area (Å²) >= 11 is 0. The Bertz CT molecular complexity index is 940. The molecule has 1 aliphatic carbocycles. The molecule has 1 atom stereocenters. The van der Waals surface area contributed by atoms with Crippen LogP contribution in [0.3, 0.4) is 0 Å². The first kappa shape index (κ1) is 22.3. The van der Waals surface area contributed by atoms with Crippen molar-refractivity contribution in [1.82, 2.24) is 9.97 Å². The molecule has 0 aliphatic heterocycles. The van der Waals surface area contributed by atoms with E-state index in [1.54, 1.807) is 6.07 Å². The summed E-state index contributed by atoms with van der Waals surface area (Å²) in [6.45, 7) is 6.50. The van der Waals surface area contributed by atoms with Crippen LogP contribution in [0.5, 0.6) is 0 Å². The number of nitrogens with zero attached hydrogens (tertiary/aromatic N) is 1. The molecule has 3 rings (SSSR count). The minimum atomic E-state index is -0.723. The van der Waals surface area contributed by atoms with Gasteiger partial charge in [0.25, 0.3) is 0 Å². The van der Waals surface area contributed by atoms with Crippen LogP contribution < -0.4 is 17.2 Å². The van der Waals surface area contributed by atoms with Gasteiger partial charge in [0, 0.05) is 29.2 Å². The smallest absolute Gasteiger partial charge is 0.345 e. The highest BCUT2D eigenvalue weighted by Gasteiger charge is 2.23. The van der Waals surface area contributed by atoms with E-state index in [2.05, 4.69) is 30.7 Å². The minimum Gasteiger partial charge on any atom is -0.401 e. The van der Waals surface area contributed by atoms with Crippen LogP contribution in [0.1, 0.15) is 57.2 Å². The summed E-state index contributed by atoms with van der Waals surface area (Å²) in [7, 11) is 0. The summed E-state index contributed by atoms with van der Waals surface area (Å²) in [6.07, 6.45) is 5.16. The average Bonchev–Trinajstić information content (AvgIpc) is 2.63. The Morgan fingerprint density at radius 3 is 2.45 bits per heavy atom. The van der Waals surface area contributed by atoms with E-state index < -0.39 is 17.3 Å². The summed E-state index contributed by atoms with van der Waals surface area (Å²) in [5.74, 6) is -0.800. The fourth-order valence-corrected chi connectivity index (χ4v) is 3.12. The predicted molar refractivity (Wildman–Crippen MR) is 112 cm³/mol. The molecule has 0 spiro atoms. The monoisotopic (exact) mass is 402 g/mol. The number of halogens is 2. The second kappa shape index (κ2) is 10.0. The van der Waals surface area contributed by atoms with Crippen molar-refractivity contribution >= 4 is 5.70 Å². The summed E-state index contributed by atoms with van der Waals surface area (Å²) < 4.78 is 27.8. The minimum absolute atomic E-state index is 0.0163. The van der Waals surface area contributed by atoms with E-state index in [4.69, 9.17) is 11.5 Å². The number of rotatable bonds is 3. The molecule has 0 amide bonds. The zero-order valence-corrected chi connectivity index (χ0v) is 17.0. The van der Waals surface area contributed by atoms with Gasteiger partial charge in [-0.2, -0.15) is 0 Å². The summed E-state index contributed by atoms with van der Waals surface area (Å²) in [5, 5.41) is 0. The molecule has 0 saturated carbocycles. The van der Waals surface area contributed by atoms with Crippen molar-refractivity contribution in [3.63, 3.8) is 0 Å². The van der Waals surface area contributed by atoms with E-state index in [0.29, 0.717) is 23.4 Å². The van der Waals surface area contributed by atoms with Crippen molar-refractivity contribution in [3.8, 4) is 0 Å². The van der Waals surface area contributed by atoms with Gasteiger partial charge in [-0.25, -0.2) is 18.6 Å². The molecular weight excluding hydrogens is 374 g/mol. The Labute approximate surface area is 169 Å². The van der Waals surface area contributed by atoms with E-state index in [0.717, 1.165) is 30.9 Å². The Balaban J connectivity index is 0.000000687. The van der Waals surface area contributed by atoms with Gasteiger partial charge in [0.2, 0.25) is 0 Å². The number of nitrogens with one attached hydrogen (secondary N) is 1. The Hall–Kier alpha value is -2.96. The highest BCUT2D eigenvalue weighted by molar-refractivity contribution is 5.67. The number of hydrogen-bond donors (Lipinski definition) is 3. The Morgan fingerprint density at radius 2 is 1.86 bits per heavy atom. The molecule has 5 nitrogen and oxygen atoms in total. The van der Waals surface area contributed by atoms with Crippen LogP contribution in [0.15, 0.2) is 52.6 Å². The van der Waals surface area contributed by atoms with Crippen LogP contribution in [0.4, 0.5) is 8.78 Å². The average molecular weight is 402 g/mol. The number of benzene rings is 1. The molecule has 0 bridgehead atoms. The van der Waals surface area contributed by atoms with Crippen molar-refractivity contribution in [3.05, 3.63) is 81.2 Å². The second-order valence-electron chi connectivity index (χ2n) is 7.68. The third-order valence-corrected chi connectivity index (χ3v) is 4.34. The molecule has 156 valence electrons. The molecule has 1 aromatic carbocycles. The molecule has 1 heterocycles. The fourth-order valence-electron chi connectivity index (χ4n) is 3.12. The number of aromatic amines is 1. The third-order valence-electron chi connectivity index (χ3n) is 4.34. The van der Waals surface area contributed by atoms with Crippen molar-refractivity contribution in [1.29, 1.82) is 0 Å². The van der Waals surface area contributed by atoms with Crippen LogP contribution in [-0.2, 0) is 0 Å². The maximum absolute atomic E-state index is 13.9. The van der Waals surface area contributed by atoms with Crippen LogP contribution in [0, 0.1) is 17.6 Å². The van der Waals surface area contributed by atoms with Crippen LogP contribution >= 0.6 is 0 Å². The van der Waals surface area contributed by atoms with E-state index in [-0.39, 0.29) is 17.2 Å². The predicted octanol–water partition coefficient (Wildman–Crippen LogP) is 4.19. The molecule has 0 fully saturated rings. The molecule has 1 aromatic heterocycles. The van der Waals surface area contributed by atoms with Gasteiger partial charge in [-0.3, -0.25) is 0 Å². The zero-order chi connectivity index (χ0) is 21.6. The first-order valence-corrected chi connectivity index (χ1v) is 9.66. The van der Waals surface area contributed by atoms with Gasteiger partial charge in [0.05, 0.1) is 5.56 Å². The lowest BCUT2D eigenvalue weighted by atomic mass is 9.84. The van der Waals surface area contributed by atoms with Gasteiger partial charge in [0.15, 0.2) is 0 Å². The molecule has 0 saturated heterocycles. The number of H-pyrrole nitrogens is 1. The van der Waals surface area contributed by atoms with E-state index in [9.17, 15) is 13.6 Å². The van der Waals surface area contributed by atoms with E-state index in [1.165, 1.54) is 18.3 Å². The molecule has 1 aliphatic rings. The highest BCUT2D eigenvalue weighted by atomic mass is 19.1. The Kier molecular flexibility index (Phi) is 7.70. The normalized spacial score (nSPS) is 17.2. The van der Waals surface area contributed by atoms with Crippen LogP contribution in [0.2, 0.25) is 0 Å². The summed E-state index contributed by atoms with van der Waals surface area (Å²) in [5.41, 5.74) is 13.4. The number of allylic oxidation sites excluding steroid dienone is 3. The standard InChI is InChI=1S/C18H18F2N4O.C4H10/c19-12-5-2-6-13(20)16(12)14(21)9-10-3-1-4-11(17(10)22)15-7-8-23-18(25)24-15;1-4(2)3/h2,5-9,11H,1,3-4,21-22H2,(H,23,24,25);4H,1-3H3/b14-9-;. The SMILES string of the molecule is CC(C)C.NC1=C(/C=C(\N)c2c(F)cccc2F)CCCC1c1ccnc(=O)[nH]1. The lowest BCUT2D eigenvalue weighted by molar-refractivity contribution is 0.575. The molecule has 29 heavy (non-hydrogen) atoms. The zero-order valence-electron chi connectivity index (χ0n) is 17.0. The maximum atomic E-state index is 13.9. The second-order valence-corrected chi connectivity index (χ2v) is 7.68. The largest absolute Gasteiger partial charge is 0.401 e. The number of nitrogens with two attached hydrogens (primary N) is 2. The summed E-state index contributed by atoms with van der Waals surface area (Å²) in [6, 6.07) is 5.29. The highest BCUT2D eigenvalue weighted by Crippen LogP contribution is 2.35. The van der Waals surface area contributed by atoms with Gasteiger partial charge < -0.3 is 16.5 Å². The quantitative estimate of drug-likeness (QED) is 0.717. The summed E-state index contributed by atoms with van der Waals surface area (Å²) in [4.78, 5) is 17.7. The molecule has 1 unspecified atom stereocenters. The topological polar surface area (TPSA) is 97.8 Å². The maximum Gasteiger partial charge on any atom is 0.345 e. The third kappa shape index (κ3) is 6.01. The first-order chi connectivity index (χ1) is 13.7. The lowest BCUT2D eigenvalue weighted by Crippen LogP contribution is -2.21. The molecular formula is C22H28F2N4O. The molecule has 2 aromatic rings. The van der Waals surface area contributed by atoms with E-state index in [1.807, 2.05) is 0 Å². The number of aromatic nitrogens is 2. The molecule has 7 heteroatoms. The molecule has 5 N–H and O–H groups in total. The van der Waals surface area contributed by atoms with Gasteiger partial charge in [-0.15, -0.1) is 0 Å². The Morgan fingerprint density at radius 1 is 1.24 bits per heavy atom. The van der Waals surface area contributed by atoms with Crippen LogP contribution in [0.25, 0.3) is 5.70 Å². The molecule has 0 radical (unpaired) electrons. The van der Waals surface area contributed by atoms with Gasteiger partial charge in [0.1, 0.15) is 11.6 Å². The fraction of sp³-hybridized carbons (Fsp3) is 0.364. The lowest BCUT2D eigenvalue weighted by Gasteiger charge is -2.25. The number of hydrogen-bond acceptors (Lipinski definition) is 4. The van der Waals surface area contributed by atoms with Crippen molar-refractivity contribution in [2.45, 2.75) is 46.0 Å². The first-order valence-electron chi connectivity index (χ1n) is 9.66. The van der Waals surface area contributed by atoms with Gasteiger partial charge >= 0.3 is 5.69 Å². The van der Waals surface area contributed by atoms with E-state index >= 15 is 0 Å².